The van der Waals surface area contributed by atoms with Gasteiger partial charge in [-0.15, -0.1) is 0 Å². The number of hydrogen-bond acceptors (Lipinski definition) is 2. The highest BCUT2D eigenvalue weighted by Crippen LogP contribution is 2.36. The number of rotatable bonds is 2. The molecule has 0 aliphatic carbocycles. The van der Waals surface area contributed by atoms with E-state index in [0.717, 1.165) is 38.1 Å². The minimum absolute atomic E-state index is 0.0763. The van der Waals surface area contributed by atoms with Crippen LogP contribution in [-0.2, 0) is 6.18 Å². The highest BCUT2D eigenvalue weighted by atomic mass is 35.5. The molecule has 0 saturated carbocycles. The average Bonchev–Trinajstić information content (AvgIpc) is 2.37. The summed E-state index contributed by atoms with van der Waals surface area (Å²) in [5.41, 5.74) is -0.802. The van der Waals surface area contributed by atoms with Gasteiger partial charge in [0, 0.05) is 18.8 Å². The molecule has 0 aromatic carbocycles. The van der Waals surface area contributed by atoms with Gasteiger partial charge in [0.25, 0.3) is 0 Å². The Morgan fingerprint density at radius 3 is 2.60 bits per heavy atom. The monoisotopic (exact) mass is 306 g/mol. The molecule has 2 nitrogen and oxygen atoms in total. The van der Waals surface area contributed by atoms with Crippen molar-refractivity contribution in [2.75, 3.05) is 11.4 Å². The van der Waals surface area contributed by atoms with Crippen LogP contribution in [-0.4, -0.2) is 17.6 Å². The number of hydrogen-bond donors (Lipinski definition) is 0. The van der Waals surface area contributed by atoms with Crippen molar-refractivity contribution in [1.82, 2.24) is 4.98 Å². The lowest BCUT2D eigenvalue weighted by Gasteiger charge is -2.39. The second kappa shape index (κ2) is 5.80. The molecular formula is C14H18ClF3N2. The Labute approximate surface area is 121 Å². The highest BCUT2D eigenvalue weighted by molar-refractivity contribution is 6.33. The third-order valence-electron chi connectivity index (χ3n) is 3.74. The second-order valence-corrected chi connectivity index (χ2v) is 5.93. The van der Waals surface area contributed by atoms with Crippen LogP contribution >= 0.6 is 11.6 Å². The highest BCUT2D eigenvalue weighted by Gasteiger charge is 2.33. The van der Waals surface area contributed by atoms with Gasteiger partial charge in [-0.2, -0.15) is 13.2 Å². The van der Waals surface area contributed by atoms with E-state index >= 15 is 0 Å². The molecule has 0 N–H and O–H groups in total. The number of piperidine rings is 1. The summed E-state index contributed by atoms with van der Waals surface area (Å²) < 4.78 is 37.9. The average molecular weight is 307 g/mol. The standard InChI is InChI=1S/C14H18ClF3N2/c1-9(2)12-5-3-4-6-20(12)13-11(15)7-10(8-19-13)14(16,17)18/h7-9,12H,3-6H2,1-2H3. The van der Waals surface area contributed by atoms with E-state index in [0.29, 0.717) is 11.7 Å². The summed E-state index contributed by atoms with van der Waals surface area (Å²) in [7, 11) is 0. The summed E-state index contributed by atoms with van der Waals surface area (Å²) in [4.78, 5) is 6.03. The number of aromatic nitrogens is 1. The van der Waals surface area contributed by atoms with E-state index in [1.54, 1.807) is 0 Å². The Morgan fingerprint density at radius 1 is 1.35 bits per heavy atom. The van der Waals surface area contributed by atoms with Gasteiger partial charge in [-0.1, -0.05) is 25.4 Å². The van der Waals surface area contributed by atoms with Crippen molar-refractivity contribution in [2.45, 2.75) is 45.3 Å². The van der Waals surface area contributed by atoms with Crippen LogP contribution in [0.1, 0.15) is 38.7 Å². The number of anilines is 1. The Balaban J connectivity index is 2.32. The third kappa shape index (κ3) is 3.19. The molecule has 0 spiro atoms. The van der Waals surface area contributed by atoms with Crippen LogP contribution in [0.25, 0.3) is 0 Å². The van der Waals surface area contributed by atoms with Gasteiger partial charge in [-0.25, -0.2) is 4.98 Å². The summed E-state index contributed by atoms with van der Waals surface area (Å²) in [6, 6.07) is 1.25. The van der Waals surface area contributed by atoms with Crippen molar-refractivity contribution in [3.8, 4) is 0 Å². The van der Waals surface area contributed by atoms with E-state index < -0.39 is 11.7 Å². The van der Waals surface area contributed by atoms with Crippen molar-refractivity contribution in [2.24, 2.45) is 5.92 Å². The molecule has 1 aliphatic heterocycles. The van der Waals surface area contributed by atoms with Crippen molar-refractivity contribution < 1.29 is 13.2 Å². The van der Waals surface area contributed by atoms with Gasteiger partial charge in [0.15, 0.2) is 0 Å². The summed E-state index contributed by atoms with van der Waals surface area (Å²) in [6.07, 6.45) is -0.363. The van der Waals surface area contributed by atoms with Gasteiger partial charge >= 0.3 is 6.18 Å². The van der Waals surface area contributed by atoms with Crippen LogP contribution in [0.5, 0.6) is 0 Å². The zero-order valence-electron chi connectivity index (χ0n) is 11.5. The molecule has 1 atom stereocenters. The number of pyridine rings is 1. The molecule has 0 radical (unpaired) electrons. The first-order valence-corrected chi connectivity index (χ1v) is 7.18. The number of alkyl halides is 3. The zero-order valence-corrected chi connectivity index (χ0v) is 12.3. The number of halogens is 4. The van der Waals surface area contributed by atoms with Crippen LogP contribution in [0.4, 0.5) is 19.0 Å². The van der Waals surface area contributed by atoms with Crippen LogP contribution in [0.15, 0.2) is 12.3 Å². The summed E-state index contributed by atoms with van der Waals surface area (Å²) in [5.74, 6) is 0.883. The quantitative estimate of drug-likeness (QED) is 0.782. The lowest BCUT2D eigenvalue weighted by atomic mass is 9.93. The lowest BCUT2D eigenvalue weighted by Crippen LogP contribution is -2.43. The van der Waals surface area contributed by atoms with Crippen molar-refractivity contribution in [1.29, 1.82) is 0 Å². The van der Waals surface area contributed by atoms with Crippen molar-refractivity contribution in [3.63, 3.8) is 0 Å². The molecule has 1 aromatic heterocycles. The molecule has 1 saturated heterocycles. The minimum atomic E-state index is -4.41. The third-order valence-corrected chi connectivity index (χ3v) is 4.02. The Kier molecular flexibility index (Phi) is 4.47. The summed E-state index contributed by atoms with van der Waals surface area (Å²) in [5, 5.41) is 0.0763. The van der Waals surface area contributed by atoms with E-state index in [1.807, 2.05) is 0 Å². The van der Waals surface area contributed by atoms with Gasteiger partial charge in [-0.05, 0) is 31.2 Å². The lowest BCUT2D eigenvalue weighted by molar-refractivity contribution is -0.137. The van der Waals surface area contributed by atoms with Crippen LogP contribution < -0.4 is 4.90 Å². The molecule has 2 rings (SSSR count). The first-order chi connectivity index (χ1) is 9.30. The van der Waals surface area contributed by atoms with Gasteiger partial charge in [0.2, 0.25) is 0 Å². The fourth-order valence-electron chi connectivity index (χ4n) is 2.71. The molecule has 1 aromatic rings. The van der Waals surface area contributed by atoms with E-state index in [-0.39, 0.29) is 11.1 Å². The normalized spacial score (nSPS) is 20.6. The largest absolute Gasteiger partial charge is 0.417 e. The predicted octanol–water partition coefficient (Wildman–Crippen LogP) is 4.77. The van der Waals surface area contributed by atoms with Crippen LogP contribution in [0.3, 0.4) is 0 Å². The maximum absolute atomic E-state index is 12.6. The van der Waals surface area contributed by atoms with Gasteiger partial charge < -0.3 is 4.90 Å². The Morgan fingerprint density at radius 2 is 2.05 bits per heavy atom. The predicted molar refractivity (Wildman–Crippen MR) is 74.1 cm³/mol. The first-order valence-electron chi connectivity index (χ1n) is 6.80. The maximum Gasteiger partial charge on any atom is 0.417 e. The molecule has 0 bridgehead atoms. The molecule has 0 amide bonds. The fourth-order valence-corrected chi connectivity index (χ4v) is 2.99. The Hall–Kier alpha value is -0.970. The van der Waals surface area contributed by atoms with E-state index in [2.05, 4.69) is 23.7 Å². The molecule has 20 heavy (non-hydrogen) atoms. The molecule has 1 aliphatic rings. The molecule has 6 heteroatoms. The van der Waals surface area contributed by atoms with Gasteiger partial charge in [0.1, 0.15) is 5.82 Å². The SMILES string of the molecule is CC(C)C1CCCCN1c1ncc(C(F)(F)F)cc1Cl. The van der Waals surface area contributed by atoms with Crippen molar-refractivity contribution in [3.05, 3.63) is 22.8 Å². The maximum atomic E-state index is 12.6. The van der Waals surface area contributed by atoms with Crippen LogP contribution in [0.2, 0.25) is 5.02 Å². The minimum Gasteiger partial charge on any atom is -0.352 e. The van der Waals surface area contributed by atoms with E-state index in [9.17, 15) is 13.2 Å². The fraction of sp³-hybridized carbons (Fsp3) is 0.643. The second-order valence-electron chi connectivity index (χ2n) is 5.53. The van der Waals surface area contributed by atoms with Gasteiger partial charge in [-0.3, -0.25) is 0 Å². The molecular weight excluding hydrogens is 289 g/mol. The molecule has 2 heterocycles. The Bertz CT molecular complexity index is 474. The topological polar surface area (TPSA) is 16.1 Å². The summed E-state index contributed by atoms with van der Waals surface area (Å²) in [6.45, 7) is 5.02. The van der Waals surface area contributed by atoms with E-state index in [1.165, 1.54) is 0 Å². The van der Waals surface area contributed by atoms with E-state index in [4.69, 9.17) is 11.6 Å². The molecule has 1 unspecified atom stereocenters. The van der Waals surface area contributed by atoms with Crippen molar-refractivity contribution >= 4 is 17.4 Å². The first kappa shape index (κ1) is 15.4. The smallest absolute Gasteiger partial charge is 0.352 e. The number of nitrogens with zero attached hydrogens (tertiary/aromatic N) is 2. The molecule has 112 valence electrons. The zero-order chi connectivity index (χ0) is 14.9. The van der Waals surface area contributed by atoms with Crippen LogP contribution in [0, 0.1) is 5.92 Å². The van der Waals surface area contributed by atoms with Gasteiger partial charge in [0.05, 0.1) is 10.6 Å². The summed E-state index contributed by atoms with van der Waals surface area (Å²) >= 11 is 6.03. The molecule has 1 fully saturated rings.